The number of nitrogens with one attached hydrogen (secondary N) is 2. The monoisotopic (exact) mass is 1070 g/mol. The molecular weight excluding hydrogens is 1010 g/mol. The van der Waals surface area contributed by atoms with Gasteiger partial charge in [0.1, 0.15) is 0 Å². The fourth-order valence-corrected chi connectivity index (χ4v) is 10.0. The number of rotatable bonds is 18. The molecule has 0 fully saturated rings. The molecule has 4 unspecified atom stereocenters. The maximum atomic E-state index is 12.9. The van der Waals surface area contributed by atoms with Crippen molar-refractivity contribution in [1.29, 1.82) is 0 Å². The quantitative estimate of drug-likeness (QED) is 0.0438. The smallest absolute Gasteiger partial charge is 0.307 e. The molecule has 16 nitrogen and oxygen atoms in total. The first-order valence-electron chi connectivity index (χ1n) is 23.7. The van der Waals surface area contributed by atoms with Crippen LogP contribution in [0.5, 0.6) is 0 Å². The minimum Gasteiger partial charge on any atom is -0.481 e. The number of hydrogen-bond donors (Lipinski definition) is 6. The van der Waals surface area contributed by atoms with Crippen molar-refractivity contribution in [3.05, 3.63) is 229 Å². The summed E-state index contributed by atoms with van der Waals surface area (Å²) < 4.78 is 65.6. The number of carbonyl (C=O) groups is 4. The average Bonchev–Trinajstić information content (AvgIpc) is 3.44. The molecule has 8 N–H and O–H groups in total. The van der Waals surface area contributed by atoms with Gasteiger partial charge in [0, 0.05) is 12.1 Å². The number of methoxy groups -OCH3 is 2. The van der Waals surface area contributed by atoms with E-state index in [9.17, 15) is 36.0 Å². The normalized spacial score (nSPS) is 12.6. The van der Waals surface area contributed by atoms with Crippen LogP contribution >= 0.6 is 0 Å². The summed E-state index contributed by atoms with van der Waals surface area (Å²) in [6.07, 6.45) is -0.228. The molecule has 0 aliphatic carbocycles. The van der Waals surface area contributed by atoms with Gasteiger partial charge in [0.25, 0.3) is 0 Å². The molecular formula is C58H60N4O12S2. The van der Waals surface area contributed by atoms with E-state index in [1.807, 2.05) is 115 Å². The van der Waals surface area contributed by atoms with Crippen molar-refractivity contribution in [3.63, 3.8) is 0 Å². The molecule has 0 aromatic heterocycles. The molecule has 0 saturated heterocycles. The van der Waals surface area contributed by atoms with Crippen molar-refractivity contribution >= 4 is 65.5 Å². The molecule has 8 aromatic rings. The van der Waals surface area contributed by atoms with E-state index in [1.54, 1.807) is 84.9 Å². The molecule has 8 aromatic carbocycles. The second kappa shape index (κ2) is 29.1. The Morgan fingerprint density at radius 1 is 0.408 bits per heavy atom. The lowest BCUT2D eigenvalue weighted by Gasteiger charge is -2.18. The van der Waals surface area contributed by atoms with Gasteiger partial charge in [0.2, 0.25) is 20.0 Å². The number of carbonyl (C=O) groups excluding carboxylic acids is 2. The first kappa shape index (κ1) is 58.8. The van der Waals surface area contributed by atoms with Crippen molar-refractivity contribution in [2.45, 2.75) is 59.6 Å². The predicted octanol–water partition coefficient (Wildman–Crippen LogP) is 9.17. The highest BCUT2D eigenvalue weighted by Gasteiger charge is 2.26. The van der Waals surface area contributed by atoms with Gasteiger partial charge < -0.3 is 31.2 Å². The summed E-state index contributed by atoms with van der Waals surface area (Å²) in [5.74, 6) is -2.71. The summed E-state index contributed by atoms with van der Waals surface area (Å²) in [6.45, 7) is 0. The third-order valence-electron chi connectivity index (χ3n) is 11.5. The third-order valence-corrected chi connectivity index (χ3v) is 14.4. The van der Waals surface area contributed by atoms with Gasteiger partial charge in [-0.1, -0.05) is 182 Å². The zero-order valence-corrected chi connectivity index (χ0v) is 43.3. The lowest BCUT2D eigenvalue weighted by atomic mass is 10.1. The topological polar surface area (TPSA) is 272 Å². The molecule has 0 aliphatic rings. The van der Waals surface area contributed by atoms with E-state index in [1.165, 1.54) is 20.3 Å². The minimum absolute atomic E-state index is 0.0238. The fraction of sp³-hybridized carbons (Fsp3) is 0.172. The van der Waals surface area contributed by atoms with E-state index >= 15 is 0 Å². The van der Waals surface area contributed by atoms with Crippen LogP contribution < -0.4 is 20.9 Å². The molecule has 0 spiro atoms. The van der Waals surface area contributed by atoms with E-state index in [-0.39, 0.29) is 47.5 Å². The zero-order valence-electron chi connectivity index (χ0n) is 41.7. The molecule has 76 heavy (non-hydrogen) atoms. The Hall–Kier alpha value is -8.10. The largest absolute Gasteiger partial charge is 0.481 e. The van der Waals surface area contributed by atoms with E-state index in [0.29, 0.717) is 11.1 Å². The number of aliphatic carboxylic acids is 2. The first-order valence-corrected chi connectivity index (χ1v) is 26.7. The van der Waals surface area contributed by atoms with Crippen molar-refractivity contribution in [1.82, 2.24) is 9.44 Å². The summed E-state index contributed by atoms with van der Waals surface area (Å²) in [5.41, 5.74) is 14.5. The number of fused-ring (bicyclic) bond motifs is 2. The summed E-state index contributed by atoms with van der Waals surface area (Å²) in [5, 5.41) is 21.1. The highest BCUT2D eigenvalue weighted by atomic mass is 32.2. The number of benzene rings is 8. The van der Waals surface area contributed by atoms with Crippen molar-refractivity contribution in [2.75, 3.05) is 14.2 Å². The Kier molecular flexibility index (Phi) is 22.5. The Labute approximate surface area is 442 Å². The van der Waals surface area contributed by atoms with Crippen LogP contribution in [0.3, 0.4) is 0 Å². The van der Waals surface area contributed by atoms with Crippen LogP contribution in [0.25, 0.3) is 21.5 Å². The van der Waals surface area contributed by atoms with Gasteiger partial charge in [-0.2, -0.15) is 0 Å². The van der Waals surface area contributed by atoms with Gasteiger partial charge in [0.15, 0.2) is 0 Å². The zero-order chi connectivity index (χ0) is 55.1. The Morgan fingerprint density at radius 2 is 0.711 bits per heavy atom. The predicted molar refractivity (Wildman–Crippen MR) is 291 cm³/mol. The number of carboxylic acid groups (broad SMARTS) is 2. The lowest BCUT2D eigenvalue weighted by molar-refractivity contribution is -0.142. The molecule has 8 rings (SSSR count). The van der Waals surface area contributed by atoms with Gasteiger partial charge in [-0.25, -0.2) is 26.3 Å². The third kappa shape index (κ3) is 18.7. The highest BCUT2D eigenvalue weighted by Crippen LogP contribution is 2.26. The van der Waals surface area contributed by atoms with Crippen LogP contribution in [-0.4, -0.2) is 65.1 Å². The van der Waals surface area contributed by atoms with Crippen molar-refractivity contribution in [3.8, 4) is 0 Å². The Bertz CT molecular complexity index is 3370. The molecule has 18 heteroatoms. The van der Waals surface area contributed by atoms with Gasteiger partial charge in [-0.3, -0.25) is 19.2 Å². The number of nitrogens with two attached hydrogens (primary N) is 2. The number of esters is 2. The molecule has 0 radical (unpaired) electrons. The van der Waals surface area contributed by atoms with Crippen LogP contribution in [0.2, 0.25) is 0 Å². The van der Waals surface area contributed by atoms with Crippen molar-refractivity contribution < 1.29 is 55.7 Å². The van der Waals surface area contributed by atoms with E-state index in [4.69, 9.17) is 26.4 Å². The van der Waals surface area contributed by atoms with Crippen LogP contribution in [0.1, 0.15) is 72.1 Å². The van der Waals surface area contributed by atoms with Crippen LogP contribution in [-0.2, 0) is 48.7 Å². The molecule has 0 saturated carbocycles. The first-order chi connectivity index (χ1) is 36.4. The number of carboxylic acids is 2. The average molecular weight is 1070 g/mol. The maximum absolute atomic E-state index is 12.9. The van der Waals surface area contributed by atoms with Gasteiger partial charge in [-0.05, 0) is 68.1 Å². The maximum Gasteiger partial charge on any atom is 0.307 e. The van der Waals surface area contributed by atoms with Crippen LogP contribution in [0, 0.1) is 0 Å². The van der Waals surface area contributed by atoms with Gasteiger partial charge in [0.05, 0.1) is 61.8 Å². The minimum atomic E-state index is -3.86. The number of sulfonamides is 2. The standard InChI is InChI=1S/C20H19NO4S.C19H17NO4S.C10H13NO2.C9H11NO2/c1-25-20(22)14-19(16-8-3-2-4-9-16)21-26(23,24)18-12-11-15-7-5-6-10-17(15)13-18;21-19(22)13-18(15-7-2-1-3-8-15)20-25(23,24)17-11-10-14-6-4-5-9-16(14)12-17;1-13-10(12)7-9(11)8-5-3-2-4-6-8;10-8(6-9(11)12)7-4-2-1-3-5-7/h2-13,19,21H,14H2,1H3;1-12,18,20H,13H2,(H,21,22);2-6,9H,7,11H2,1H3;1-5,8H,6,10H2,(H,11,12). The molecule has 4 atom stereocenters. The molecule has 0 heterocycles. The van der Waals surface area contributed by atoms with Gasteiger partial charge >= 0.3 is 23.9 Å². The second-order valence-electron chi connectivity index (χ2n) is 17.0. The summed E-state index contributed by atoms with van der Waals surface area (Å²) in [4.78, 5) is 44.3. The van der Waals surface area contributed by atoms with Crippen LogP contribution in [0.4, 0.5) is 0 Å². The van der Waals surface area contributed by atoms with Crippen LogP contribution in [0.15, 0.2) is 216 Å². The summed E-state index contributed by atoms with van der Waals surface area (Å²) in [7, 11) is -5.03. The number of ether oxygens (including phenoxy) is 2. The number of hydrogen-bond acceptors (Lipinski definition) is 12. The SMILES string of the molecule is COC(=O)CC(N)c1ccccc1.COC(=O)CC(NS(=O)(=O)c1ccc2ccccc2c1)c1ccccc1.NC(CC(=O)O)c1ccccc1.O=C(O)CC(NS(=O)(=O)c1ccc2ccccc2c1)c1ccccc1. The van der Waals surface area contributed by atoms with E-state index < -0.39 is 56.1 Å². The molecule has 0 bridgehead atoms. The lowest BCUT2D eigenvalue weighted by Crippen LogP contribution is -2.30. The van der Waals surface area contributed by atoms with Gasteiger partial charge in [-0.15, -0.1) is 0 Å². The fourth-order valence-electron chi connectivity index (χ4n) is 7.52. The molecule has 0 aliphatic heterocycles. The Balaban J connectivity index is 0.000000198. The summed E-state index contributed by atoms with van der Waals surface area (Å²) >= 11 is 0. The van der Waals surface area contributed by atoms with Crippen molar-refractivity contribution in [2.24, 2.45) is 11.5 Å². The highest BCUT2D eigenvalue weighted by molar-refractivity contribution is 7.89. The van der Waals surface area contributed by atoms with E-state index in [2.05, 4.69) is 14.2 Å². The van der Waals surface area contributed by atoms with E-state index in [0.717, 1.165) is 32.7 Å². The second-order valence-corrected chi connectivity index (χ2v) is 20.4. The Morgan fingerprint density at radius 3 is 1.07 bits per heavy atom. The molecule has 396 valence electrons. The summed E-state index contributed by atoms with van der Waals surface area (Å²) in [6, 6.07) is 58.9. The molecule has 0 amide bonds.